The average molecular weight is 407 g/mol. The van der Waals surface area contributed by atoms with Gasteiger partial charge in [0.15, 0.2) is 0 Å². The van der Waals surface area contributed by atoms with E-state index in [1.807, 2.05) is 0 Å². The Morgan fingerprint density at radius 3 is 1.96 bits per heavy atom. The maximum absolute atomic E-state index is 2.31. The predicted molar refractivity (Wildman–Crippen MR) is 103 cm³/mol. The third kappa shape index (κ3) is 8.71. The minimum absolute atomic E-state index is 0. The van der Waals surface area contributed by atoms with Gasteiger partial charge < -0.3 is 17.0 Å². The highest BCUT2D eigenvalue weighted by Crippen LogP contribution is 2.11. The van der Waals surface area contributed by atoms with Crippen molar-refractivity contribution in [3.63, 3.8) is 0 Å². The highest BCUT2D eigenvalue weighted by molar-refractivity contribution is 5.33. The lowest BCUT2D eigenvalue weighted by Crippen LogP contribution is -3.00. The van der Waals surface area contributed by atoms with Crippen molar-refractivity contribution in [3.05, 3.63) is 48.5 Å². The molecule has 140 valence electrons. The van der Waals surface area contributed by atoms with Crippen LogP contribution in [0.4, 0.5) is 0 Å². The van der Waals surface area contributed by atoms with E-state index in [0.717, 1.165) is 6.54 Å². The molecule has 0 aliphatic rings. The van der Waals surface area contributed by atoms with Crippen LogP contribution in [0, 0.1) is 6.92 Å². The van der Waals surface area contributed by atoms with Crippen molar-refractivity contribution in [1.29, 1.82) is 0 Å². The molecule has 0 N–H and O–H groups in total. The molecule has 0 unspecified atom stereocenters. The quantitative estimate of drug-likeness (QED) is 0.378. The first-order valence-corrected chi connectivity index (χ1v) is 9.93. The predicted octanol–water partition coefficient (Wildman–Crippen LogP) is 3.00. The SMILES string of the molecule is CCCCCCCCCCCC[n+]1ccn(-c2ccc(C)cc2)c1.[Br-]. The van der Waals surface area contributed by atoms with Crippen molar-refractivity contribution in [1.82, 2.24) is 4.57 Å². The lowest BCUT2D eigenvalue weighted by Gasteiger charge is -2.01. The van der Waals surface area contributed by atoms with Gasteiger partial charge in [0.2, 0.25) is 6.33 Å². The van der Waals surface area contributed by atoms with E-state index >= 15 is 0 Å². The summed E-state index contributed by atoms with van der Waals surface area (Å²) in [5, 5.41) is 0. The molecule has 25 heavy (non-hydrogen) atoms. The summed E-state index contributed by atoms with van der Waals surface area (Å²) >= 11 is 0. The summed E-state index contributed by atoms with van der Waals surface area (Å²) in [6, 6.07) is 8.70. The van der Waals surface area contributed by atoms with Crippen molar-refractivity contribution < 1.29 is 21.5 Å². The van der Waals surface area contributed by atoms with Gasteiger partial charge in [-0.05, 0) is 31.9 Å². The largest absolute Gasteiger partial charge is 1.00 e. The van der Waals surface area contributed by atoms with E-state index < -0.39 is 0 Å². The summed E-state index contributed by atoms with van der Waals surface area (Å²) < 4.78 is 4.51. The van der Waals surface area contributed by atoms with Gasteiger partial charge in [-0.2, -0.15) is 0 Å². The summed E-state index contributed by atoms with van der Waals surface area (Å²) in [7, 11) is 0. The number of aryl methyl sites for hydroxylation is 2. The molecule has 0 radical (unpaired) electrons. The molecule has 0 saturated carbocycles. The van der Waals surface area contributed by atoms with Gasteiger partial charge in [-0.15, -0.1) is 0 Å². The van der Waals surface area contributed by atoms with Gasteiger partial charge in [0.1, 0.15) is 18.1 Å². The summed E-state index contributed by atoms with van der Waals surface area (Å²) in [6.45, 7) is 5.55. The molecule has 0 aliphatic heterocycles. The zero-order valence-corrected chi connectivity index (χ0v) is 17.7. The maximum atomic E-state index is 2.31. The molecule has 1 heterocycles. The van der Waals surface area contributed by atoms with Crippen LogP contribution in [0.15, 0.2) is 43.0 Å². The number of benzene rings is 1. The molecular weight excluding hydrogens is 372 g/mol. The van der Waals surface area contributed by atoms with Crippen LogP contribution in [0.3, 0.4) is 0 Å². The van der Waals surface area contributed by atoms with Gasteiger partial charge in [0, 0.05) is 0 Å². The summed E-state index contributed by atoms with van der Waals surface area (Å²) in [5.74, 6) is 0. The topological polar surface area (TPSA) is 8.81 Å². The number of aromatic nitrogens is 2. The van der Waals surface area contributed by atoms with Crippen molar-refractivity contribution in [3.8, 4) is 5.69 Å². The Hall–Kier alpha value is -1.09. The second-order valence-corrected chi connectivity index (χ2v) is 7.08. The molecule has 0 bridgehead atoms. The monoisotopic (exact) mass is 406 g/mol. The molecule has 0 amide bonds. The normalized spacial score (nSPS) is 10.6. The number of unbranched alkanes of at least 4 members (excludes halogenated alkanes) is 9. The second-order valence-electron chi connectivity index (χ2n) is 7.08. The standard InChI is InChI=1S/C22H35N2.BrH/c1-3-4-5-6-7-8-9-10-11-12-17-23-18-19-24(20-23)22-15-13-21(2)14-16-22;/h13-16,18-20H,3-12,17H2,1-2H3;1H/q+1;/p-1. The van der Waals surface area contributed by atoms with Gasteiger partial charge in [-0.3, -0.25) is 0 Å². The molecule has 0 aliphatic carbocycles. The smallest absolute Gasteiger partial charge is 0.248 e. The third-order valence-corrected chi connectivity index (χ3v) is 4.79. The highest BCUT2D eigenvalue weighted by Gasteiger charge is 2.05. The first-order chi connectivity index (χ1) is 11.8. The van der Waals surface area contributed by atoms with Crippen molar-refractivity contribution in [2.24, 2.45) is 0 Å². The van der Waals surface area contributed by atoms with Crippen molar-refractivity contribution >= 4 is 0 Å². The maximum Gasteiger partial charge on any atom is 0.248 e. The molecular formula is C22H35BrN2. The van der Waals surface area contributed by atoms with Crippen LogP contribution < -0.4 is 21.5 Å². The third-order valence-electron chi connectivity index (χ3n) is 4.79. The van der Waals surface area contributed by atoms with Crippen LogP contribution in [-0.2, 0) is 6.54 Å². The van der Waals surface area contributed by atoms with Crippen molar-refractivity contribution in [2.75, 3.05) is 0 Å². The molecule has 0 spiro atoms. The van der Waals surface area contributed by atoms with Crippen LogP contribution in [-0.4, -0.2) is 4.57 Å². The van der Waals surface area contributed by atoms with Crippen molar-refractivity contribution in [2.45, 2.75) is 84.6 Å². The number of halogens is 1. The van der Waals surface area contributed by atoms with Gasteiger partial charge >= 0.3 is 0 Å². The fourth-order valence-corrected chi connectivity index (χ4v) is 3.18. The Balaban J connectivity index is 0.00000312. The molecule has 2 aromatic rings. The fourth-order valence-electron chi connectivity index (χ4n) is 3.18. The van der Waals surface area contributed by atoms with Crippen LogP contribution in [0.5, 0.6) is 0 Å². The van der Waals surface area contributed by atoms with Gasteiger partial charge in [-0.1, -0.05) is 76.0 Å². The molecule has 0 saturated heterocycles. The van der Waals surface area contributed by atoms with Gasteiger partial charge in [0.25, 0.3) is 0 Å². The van der Waals surface area contributed by atoms with E-state index in [9.17, 15) is 0 Å². The average Bonchev–Trinajstić information content (AvgIpc) is 3.06. The number of hydrogen-bond donors (Lipinski definition) is 0. The zero-order valence-electron chi connectivity index (χ0n) is 16.1. The Morgan fingerprint density at radius 2 is 1.36 bits per heavy atom. The number of nitrogens with zero attached hydrogens (tertiary/aromatic N) is 2. The molecule has 1 aromatic carbocycles. The fraction of sp³-hybridized carbons (Fsp3) is 0.591. The van der Waals surface area contributed by atoms with E-state index in [-0.39, 0.29) is 17.0 Å². The first-order valence-electron chi connectivity index (χ1n) is 9.93. The minimum Gasteiger partial charge on any atom is -1.00 e. The van der Waals surface area contributed by atoms with E-state index in [4.69, 9.17) is 0 Å². The minimum atomic E-state index is 0. The van der Waals surface area contributed by atoms with E-state index in [1.54, 1.807) is 0 Å². The summed E-state index contributed by atoms with van der Waals surface area (Å²) in [5.41, 5.74) is 2.55. The second kappa shape index (κ2) is 13.2. The molecule has 3 heteroatoms. The van der Waals surface area contributed by atoms with E-state index in [1.165, 1.54) is 75.5 Å². The molecule has 0 fully saturated rings. The van der Waals surface area contributed by atoms with Crippen LogP contribution in [0.1, 0.15) is 76.7 Å². The number of hydrogen-bond acceptors (Lipinski definition) is 0. The van der Waals surface area contributed by atoms with E-state index in [2.05, 4.69) is 66.0 Å². The molecule has 2 rings (SSSR count). The van der Waals surface area contributed by atoms with Gasteiger partial charge in [0.05, 0.1) is 6.54 Å². The van der Waals surface area contributed by atoms with Crippen LogP contribution in [0.25, 0.3) is 5.69 Å². The van der Waals surface area contributed by atoms with Crippen LogP contribution in [0.2, 0.25) is 0 Å². The Morgan fingerprint density at radius 1 is 0.800 bits per heavy atom. The zero-order chi connectivity index (χ0) is 17.0. The molecule has 0 atom stereocenters. The summed E-state index contributed by atoms with van der Waals surface area (Å²) in [4.78, 5) is 0. The Labute approximate surface area is 165 Å². The first kappa shape index (κ1) is 22.0. The lowest BCUT2D eigenvalue weighted by molar-refractivity contribution is -0.696. The number of rotatable bonds is 12. The highest BCUT2D eigenvalue weighted by atomic mass is 79.9. The Kier molecular flexibility index (Phi) is 11.6. The molecule has 2 nitrogen and oxygen atoms in total. The molecule has 1 aromatic heterocycles. The van der Waals surface area contributed by atoms with E-state index in [0.29, 0.717) is 0 Å². The number of imidazole rings is 1. The summed E-state index contributed by atoms with van der Waals surface area (Å²) in [6.07, 6.45) is 20.5. The lowest BCUT2D eigenvalue weighted by atomic mass is 10.1. The van der Waals surface area contributed by atoms with Crippen LogP contribution >= 0.6 is 0 Å². The van der Waals surface area contributed by atoms with Gasteiger partial charge in [-0.25, -0.2) is 9.13 Å². The Bertz CT molecular complexity index is 560.